The molecule has 0 aromatic heterocycles. The molecule has 156 valence electrons. The number of anilines is 1. The quantitative estimate of drug-likeness (QED) is 0.557. The molecule has 0 fully saturated rings. The minimum atomic E-state index is -3.63. The van der Waals surface area contributed by atoms with Crippen LogP contribution < -0.4 is 10.0 Å². The fourth-order valence-electron chi connectivity index (χ4n) is 3.15. The molecule has 3 aromatic carbocycles. The predicted octanol–water partition coefficient (Wildman–Crippen LogP) is 4.61. The fraction of sp³-hybridized carbons (Fsp3) is 0.208. The van der Waals surface area contributed by atoms with E-state index in [2.05, 4.69) is 10.0 Å². The van der Waals surface area contributed by atoms with Crippen LogP contribution in [0.5, 0.6) is 0 Å². The van der Waals surface area contributed by atoms with Crippen LogP contribution in [0.2, 0.25) is 0 Å². The largest absolute Gasteiger partial charge is 0.326 e. The molecule has 0 bridgehead atoms. The fourth-order valence-corrected chi connectivity index (χ4v) is 4.38. The summed E-state index contributed by atoms with van der Waals surface area (Å²) in [7, 11) is -3.63. The highest BCUT2D eigenvalue weighted by Crippen LogP contribution is 2.18. The first-order valence-electron chi connectivity index (χ1n) is 9.86. The van der Waals surface area contributed by atoms with Crippen molar-refractivity contribution < 1.29 is 13.2 Å². The van der Waals surface area contributed by atoms with Crippen molar-refractivity contribution in [3.63, 3.8) is 0 Å². The molecule has 30 heavy (non-hydrogen) atoms. The van der Waals surface area contributed by atoms with Crippen LogP contribution in [0.4, 0.5) is 5.69 Å². The molecule has 2 N–H and O–H groups in total. The van der Waals surface area contributed by atoms with Gasteiger partial charge in [0.1, 0.15) is 0 Å². The average molecular weight is 423 g/mol. The van der Waals surface area contributed by atoms with Crippen LogP contribution in [0.1, 0.15) is 36.1 Å². The number of carbonyl (C=O) groups excluding carboxylic acids is 1. The van der Waals surface area contributed by atoms with E-state index in [9.17, 15) is 13.2 Å². The lowest BCUT2D eigenvalue weighted by atomic mass is 10.1. The normalized spacial score (nSPS) is 12.3. The summed E-state index contributed by atoms with van der Waals surface area (Å²) >= 11 is 0. The molecule has 0 saturated heterocycles. The molecule has 5 nitrogen and oxygen atoms in total. The van der Waals surface area contributed by atoms with E-state index in [-0.39, 0.29) is 16.8 Å². The summed E-state index contributed by atoms with van der Waals surface area (Å²) in [6.07, 6.45) is 0.856. The Labute approximate surface area is 178 Å². The Morgan fingerprint density at radius 3 is 2.30 bits per heavy atom. The summed E-state index contributed by atoms with van der Waals surface area (Å²) in [5.41, 5.74) is 3.67. The SMILES string of the molecule is Cc1cccc(NC(=O)CCc2ccc(S(=O)(=O)N[C@@H](C)c3ccccc3)cc2)c1. The first kappa shape index (κ1) is 21.7. The zero-order valence-electron chi connectivity index (χ0n) is 17.1. The smallest absolute Gasteiger partial charge is 0.241 e. The van der Waals surface area contributed by atoms with E-state index in [1.165, 1.54) is 0 Å². The number of nitrogens with one attached hydrogen (secondary N) is 2. The van der Waals surface area contributed by atoms with Gasteiger partial charge in [-0.2, -0.15) is 0 Å². The Morgan fingerprint density at radius 1 is 0.933 bits per heavy atom. The molecule has 0 radical (unpaired) electrons. The average Bonchev–Trinajstić information content (AvgIpc) is 2.73. The lowest BCUT2D eigenvalue weighted by Crippen LogP contribution is -2.26. The number of hydrogen-bond acceptors (Lipinski definition) is 3. The number of rotatable bonds is 8. The van der Waals surface area contributed by atoms with E-state index in [0.717, 1.165) is 22.4 Å². The van der Waals surface area contributed by atoms with Crippen molar-refractivity contribution in [2.45, 2.75) is 37.6 Å². The zero-order chi connectivity index (χ0) is 21.6. The van der Waals surface area contributed by atoms with Gasteiger partial charge in [0.2, 0.25) is 15.9 Å². The van der Waals surface area contributed by atoms with Crippen LogP contribution in [-0.4, -0.2) is 14.3 Å². The third kappa shape index (κ3) is 6.02. The lowest BCUT2D eigenvalue weighted by molar-refractivity contribution is -0.116. The molecule has 1 atom stereocenters. The highest BCUT2D eigenvalue weighted by atomic mass is 32.2. The Morgan fingerprint density at radius 2 is 1.63 bits per heavy atom. The topological polar surface area (TPSA) is 75.3 Å². The Hall–Kier alpha value is -2.96. The summed E-state index contributed by atoms with van der Waals surface area (Å²) in [6, 6.07) is 23.4. The molecular weight excluding hydrogens is 396 g/mol. The molecule has 0 spiro atoms. The molecule has 1 amide bonds. The standard InChI is InChI=1S/C24H26N2O3S/c1-18-7-6-10-22(17-18)25-24(27)16-13-20-11-14-23(15-12-20)30(28,29)26-19(2)21-8-4-3-5-9-21/h3-12,14-15,17,19,26H,13,16H2,1-2H3,(H,25,27)/t19-/m0/s1. The molecule has 0 heterocycles. The molecule has 0 saturated carbocycles. The predicted molar refractivity (Wildman–Crippen MR) is 120 cm³/mol. The van der Waals surface area contributed by atoms with Gasteiger partial charge in [-0.15, -0.1) is 0 Å². The number of sulfonamides is 1. The highest BCUT2D eigenvalue weighted by molar-refractivity contribution is 7.89. The van der Waals surface area contributed by atoms with Gasteiger partial charge in [-0.1, -0.05) is 54.6 Å². The maximum atomic E-state index is 12.6. The number of carbonyl (C=O) groups is 1. The minimum absolute atomic E-state index is 0.0735. The third-order valence-electron chi connectivity index (χ3n) is 4.81. The van der Waals surface area contributed by atoms with E-state index in [0.29, 0.717) is 12.8 Å². The van der Waals surface area contributed by atoms with Gasteiger partial charge in [-0.3, -0.25) is 4.79 Å². The first-order valence-corrected chi connectivity index (χ1v) is 11.3. The molecule has 3 rings (SSSR count). The summed E-state index contributed by atoms with van der Waals surface area (Å²) in [5, 5.41) is 2.88. The van der Waals surface area contributed by atoms with Gasteiger partial charge in [0.25, 0.3) is 0 Å². The molecule has 6 heteroatoms. The number of benzene rings is 3. The monoisotopic (exact) mass is 422 g/mol. The molecule has 3 aromatic rings. The van der Waals surface area contributed by atoms with Crippen molar-refractivity contribution in [3.05, 3.63) is 95.6 Å². The number of aryl methyl sites for hydroxylation is 2. The van der Waals surface area contributed by atoms with Crippen LogP contribution in [0.25, 0.3) is 0 Å². The van der Waals surface area contributed by atoms with Crippen LogP contribution in [0.15, 0.2) is 83.8 Å². The Kier molecular flexibility index (Phi) is 7.03. The minimum Gasteiger partial charge on any atom is -0.326 e. The van der Waals surface area contributed by atoms with Gasteiger partial charge < -0.3 is 5.32 Å². The summed E-state index contributed by atoms with van der Waals surface area (Å²) in [6.45, 7) is 3.79. The lowest BCUT2D eigenvalue weighted by Gasteiger charge is -2.15. The molecule has 0 aliphatic heterocycles. The van der Waals surface area contributed by atoms with Crippen molar-refractivity contribution >= 4 is 21.6 Å². The van der Waals surface area contributed by atoms with Crippen molar-refractivity contribution in [1.29, 1.82) is 0 Å². The van der Waals surface area contributed by atoms with Crippen molar-refractivity contribution in [1.82, 2.24) is 4.72 Å². The van der Waals surface area contributed by atoms with E-state index < -0.39 is 10.0 Å². The van der Waals surface area contributed by atoms with Gasteiger partial charge in [-0.25, -0.2) is 13.1 Å². The van der Waals surface area contributed by atoms with Crippen molar-refractivity contribution in [2.75, 3.05) is 5.32 Å². The summed E-state index contributed by atoms with van der Waals surface area (Å²) in [5.74, 6) is -0.0735. The maximum absolute atomic E-state index is 12.6. The Balaban J connectivity index is 1.56. The van der Waals surface area contributed by atoms with Crippen molar-refractivity contribution in [2.24, 2.45) is 0 Å². The van der Waals surface area contributed by atoms with Crippen LogP contribution in [-0.2, 0) is 21.2 Å². The van der Waals surface area contributed by atoms with Crippen molar-refractivity contribution in [3.8, 4) is 0 Å². The second-order valence-electron chi connectivity index (χ2n) is 7.32. The molecule has 0 unspecified atom stereocenters. The molecule has 0 aliphatic carbocycles. The van der Waals surface area contributed by atoms with Gasteiger partial charge in [-0.05, 0) is 61.2 Å². The van der Waals surface area contributed by atoms with E-state index in [1.807, 2.05) is 68.4 Å². The zero-order valence-corrected chi connectivity index (χ0v) is 17.9. The van der Waals surface area contributed by atoms with Crippen LogP contribution in [0.3, 0.4) is 0 Å². The Bertz CT molecular complexity index is 1090. The number of hydrogen-bond donors (Lipinski definition) is 2. The van der Waals surface area contributed by atoms with Crippen LogP contribution in [0, 0.1) is 6.92 Å². The van der Waals surface area contributed by atoms with E-state index in [1.54, 1.807) is 24.3 Å². The van der Waals surface area contributed by atoms with Gasteiger partial charge in [0.15, 0.2) is 0 Å². The van der Waals surface area contributed by atoms with E-state index >= 15 is 0 Å². The van der Waals surface area contributed by atoms with Gasteiger partial charge in [0, 0.05) is 18.2 Å². The molecule has 0 aliphatic rings. The second kappa shape index (κ2) is 9.69. The second-order valence-corrected chi connectivity index (χ2v) is 9.03. The van der Waals surface area contributed by atoms with E-state index in [4.69, 9.17) is 0 Å². The maximum Gasteiger partial charge on any atom is 0.241 e. The summed E-state index contributed by atoms with van der Waals surface area (Å²) < 4.78 is 28.0. The van der Waals surface area contributed by atoms with Gasteiger partial charge in [0.05, 0.1) is 4.90 Å². The highest BCUT2D eigenvalue weighted by Gasteiger charge is 2.18. The number of amides is 1. The first-order chi connectivity index (χ1) is 14.3. The third-order valence-corrected chi connectivity index (χ3v) is 6.36. The van der Waals surface area contributed by atoms with Gasteiger partial charge >= 0.3 is 0 Å². The molecular formula is C24H26N2O3S. The summed E-state index contributed by atoms with van der Waals surface area (Å²) in [4.78, 5) is 12.4. The van der Waals surface area contributed by atoms with Crippen LogP contribution >= 0.6 is 0 Å².